The fourth-order valence-electron chi connectivity index (χ4n) is 5.29. The van der Waals surface area contributed by atoms with Crippen LogP contribution in [0.4, 0.5) is 4.79 Å². The molecule has 0 fully saturated rings. The zero-order chi connectivity index (χ0) is 30.3. The maximum Gasteiger partial charge on any atom is 0.408 e. The molecule has 1 atom stereocenters. The van der Waals surface area contributed by atoms with Crippen molar-refractivity contribution < 1.29 is 24.2 Å². The number of aliphatic carboxylic acids is 1. The molecule has 3 aromatic carbocycles. The smallest absolute Gasteiger partial charge is 0.408 e. The third-order valence-corrected chi connectivity index (χ3v) is 14.3. The number of hydrogen-bond acceptors (Lipinski definition) is 4. The Morgan fingerprint density at radius 2 is 1.46 bits per heavy atom. The molecule has 0 aromatic heterocycles. The minimum atomic E-state index is -2.22. The number of carboxylic acid groups (broad SMARTS) is 1. The van der Waals surface area contributed by atoms with Crippen LogP contribution in [-0.4, -0.2) is 43.5 Å². The van der Waals surface area contributed by atoms with E-state index in [1.165, 1.54) is 10.4 Å². The standard InChI is InChI=1S/C33H42INO5Si/c1-32(2,3)40-31(38)35-28(30(36)37)19-17-24-18-20-29(27(34)23-24)39-21-22-41(33(4,5)6,25-13-9-7-10-14-25)26-15-11-8-12-16-26/h7-16,18,20,23,28H,17,19,21-22H2,1-6H3,(H,35,38)(H,36,37)/t28-/m1/s1. The molecule has 220 valence electrons. The lowest BCUT2D eigenvalue weighted by molar-refractivity contribution is -0.139. The van der Waals surface area contributed by atoms with E-state index in [1.807, 2.05) is 18.2 Å². The van der Waals surface area contributed by atoms with Crippen molar-refractivity contribution in [2.24, 2.45) is 0 Å². The molecular formula is C33H42INO5Si. The van der Waals surface area contributed by atoms with Gasteiger partial charge < -0.3 is 19.9 Å². The second kappa shape index (κ2) is 13.9. The first-order valence-electron chi connectivity index (χ1n) is 14.0. The summed E-state index contributed by atoms with van der Waals surface area (Å²) >= 11 is 2.27. The number of rotatable bonds is 11. The maximum absolute atomic E-state index is 12.1. The lowest BCUT2D eigenvalue weighted by Crippen LogP contribution is -2.64. The van der Waals surface area contributed by atoms with E-state index in [0.717, 1.165) is 20.9 Å². The van der Waals surface area contributed by atoms with Crippen LogP contribution < -0.4 is 20.4 Å². The molecule has 1 amide bonds. The van der Waals surface area contributed by atoms with Gasteiger partial charge >= 0.3 is 12.1 Å². The van der Waals surface area contributed by atoms with Gasteiger partial charge in [0.15, 0.2) is 0 Å². The maximum atomic E-state index is 12.1. The molecule has 0 saturated carbocycles. The van der Waals surface area contributed by atoms with E-state index in [1.54, 1.807) is 20.8 Å². The molecule has 0 spiro atoms. The Bertz CT molecular complexity index is 1260. The van der Waals surface area contributed by atoms with E-state index in [-0.39, 0.29) is 11.5 Å². The van der Waals surface area contributed by atoms with Crippen molar-refractivity contribution in [3.63, 3.8) is 0 Å². The van der Waals surface area contributed by atoms with Gasteiger partial charge in [0.1, 0.15) is 25.5 Å². The lowest BCUT2D eigenvalue weighted by Gasteiger charge is -2.44. The van der Waals surface area contributed by atoms with E-state index in [2.05, 4.69) is 109 Å². The van der Waals surface area contributed by atoms with E-state index < -0.39 is 31.8 Å². The number of alkyl carbamates (subject to hydrolysis) is 1. The Labute approximate surface area is 259 Å². The van der Waals surface area contributed by atoms with Gasteiger partial charge in [0, 0.05) is 0 Å². The number of hydrogen-bond donors (Lipinski definition) is 2. The summed E-state index contributed by atoms with van der Waals surface area (Å²) in [5, 5.41) is 14.9. The molecule has 0 bridgehead atoms. The van der Waals surface area contributed by atoms with Gasteiger partial charge in [-0.05, 0) is 85.0 Å². The zero-order valence-corrected chi connectivity index (χ0v) is 28.0. The van der Waals surface area contributed by atoms with Crippen molar-refractivity contribution in [1.82, 2.24) is 5.32 Å². The molecule has 0 radical (unpaired) electrons. The van der Waals surface area contributed by atoms with Crippen molar-refractivity contribution >= 4 is 53.1 Å². The number of ether oxygens (including phenoxy) is 2. The van der Waals surface area contributed by atoms with Crippen LogP contribution in [0.1, 0.15) is 53.5 Å². The predicted molar refractivity (Wildman–Crippen MR) is 176 cm³/mol. The number of halogens is 1. The first-order valence-corrected chi connectivity index (χ1v) is 17.3. The van der Waals surface area contributed by atoms with E-state index in [0.29, 0.717) is 13.0 Å². The topological polar surface area (TPSA) is 84.9 Å². The number of nitrogens with one attached hydrogen (secondary N) is 1. The molecule has 3 rings (SSSR count). The average molecular weight is 688 g/mol. The first kappa shape index (κ1) is 32.7. The highest BCUT2D eigenvalue weighted by molar-refractivity contribution is 14.1. The highest BCUT2D eigenvalue weighted by Gasteiger charge is 2.47. The summed E-state index contributed by atoms with van der Waals surface area (Å²) in [4.78, 5) is 23.8. The zero-order valence-electron chi connectivity index (χ0n) is 24.9. The Morgan fingerprint density at radius 3 is 1.93 bits per heavy atom. The summed E-state index contributed by atoms with van der Waals surface area (Å²) in [6.45, 7) is 12.8. The van der Waals surface area contributed by atoms with Gasteiger partial charge in [-0.15, -0.1) is 0 Å². The lowest BCUT2D eigenvalue weighted by atomic mass is 10.1. The van der Waals surface area contributed by atoms with Crippen LogP contribution in [0, 0.1) is 3.57 Å². The van der Waals surface area contributed by atoms with Crippen LogP contribution in [0.5, 0.6) is 5.75 Å². The number of carboxylic acids is 1. The van der Waals surface area contributed by atoms with Gasteiger partial charge in [-0.3, -0.25) is 0 Å². The van der Waals surface area contributed by atoms with Gasteiger partial charge in [-0.25, -0.2) is 9.59 Å². The quantitative estimate of drug-likeness (QED) is 0.175. The number of amides is 1. The molecule has 3 aromatic rings. The van der Waals surface area contributed by atoms with E-state index >= 15 is 0 Å². The first-order chi connectivity index (χ1) is 19.2. The highest BCUT2D eigenvalue weighted by Crippen LogP contribution is 2.38. The van der Waals surface area contributed by atoms with Crippen LogP contribution in [0.2, 0.25) is 11.1 Å². The second-order valence-corrected chi connectivity index (χ2v) is 18.5. The van der Waals surface area contributed by atoms with Gasteiger partial charge in [-0.1, -0.05) is 97.9 Å². The number of carbonyl (C=O) groups is 2. The summed E-state index contributed by atoms with van der Waals surface area (Å²) in [6.07, 6.45) is 0.00760. The third-order valence-electron chi connectivity index (χ3n) is 7.26. The molecule has 0 aliphatic rings. The highest BCUT2D eigenvalue weighted by atomic mass is 127. The Morgan fingerprint density at radius 1 is 0.902 bits per heavy atom. The van der Waals surface area contributed by atoms with Crippen LogP contribution in [0.3, 0.4) is 0 Å². The molecule has 0 aliphatic heterocycles. The molecule has 0 saturated heterocycles. The van der Waals surface area contributed by atoms with Gasteiger partial charge in [0.05, 0.1) is 10.2 Å². The van der Waals surface area contributed by atoms with Crippen LogP contribution in [0.25, 0.3) is 0 Å². The number of carbonyl (C=O) groups excluding carboxylic acids is 1. The Balaban J connectivity index is 1.72. The third kappa shape index (κ3) is 8.82. The summed E-state index contributed by atoms with van der Waals surface area (Å²) in [7, 11) is -2.22. The molecule has 0 heterocycles. The van der Waals surface area contributed by atoms with E-state index in [9.17, 15) is 14.7 Å². The summed E-state index contributed by atoms with van der Waals surface area (Å²) in [6, 6.07) is 27.6. The Kier molecular flexibility index (Phi) is 11.1. The van der Waals surface area contributed by atoms with E-state index in [4.69, 9.17) is 9.47 Å². The summed E-state index contributed by atoms with van der Waals surface area (Å²) < 4.78 is 12.6. The van der Waals surface area contributed by atoms with Gasteiger partial charge in [0.2, 0.25) is 0 Å². The average Bonchev–Trinajstić information content (AvgIpc) is 2.89. The molecule has 6 nitrogen and oxygen atoms in total. The monoisotopic (exact) mass is 687 g/mol. The largest absolute Gasteiger partial charge is 0.493 e. The van der Waals surface area contributed by atoms with Crippen LogP contribution >= 0.6 is 22.6 Å². The normalized spacial score (nSPS) is 12.9. The minimum absolute atomic E-state index is 0.0596. The summed E-state index contributed by atoms with van der Waals surface area (Å²) in [5.41, 5.74) is 0.280. The molecule has 0 unspecified atom stereocenters. The fourth-order valence-corrected chi connectivity index (χ4v) is 11.4. The molecule has 8 heteroatoms. The Hall–Kier alpha value is -2.85. The second-order valence-electron chi connectivity index (χ2n) is 12.3. The van der Waals surface area contributed by atoms with Crippen molar-refractivity contribution in [3.05, 3.63) is 88.0 Å². The fraction of sp³-hybridized carbons (Fsp3) is 0.394. The molecule has 0 aliphatic carbocycles. The van der Waals surface area contributed by atoms with Gasteiger partial charge in [-0.2, -0.15) is 0 Å². The molecular weight excluding hydrogens is 645 g/mol. The SMILES string of the molecule is CC(C)(C)OC(=O)N[C@H](CCc1ccc(OCC[Si](c2ccccc2)(c2ccccc2)C(C)(C)C)c(I)c1)C(=O)O. The molecule has 41 heavy (non-hydrogen) atoms. The van der Waals surface area contributed by atoms with Crippen molar-refractivity contribution in [2.45, 2.75) is 77.1 Å². The van der Waals surface area contributed by atoms with Crippen molar-refractivity contribution in [1.29, 1.82) is 0 Å². The summed E-state index contributed by atoms with van der Waals surface area (Å²) in [5.74, 6) is -0.275. The van der Waals surface area contributed by atoms with Gasteiger partial charge in [0.25, 0.3) is 0 Å². The van der Waals surface area contributed by atoms with Crippen LogP contribution in [-0.2, 0) is 16.0 Å². The predicted octanol–water partition coefficient (Wildman–Crippen LogP) is 6.64. The van der Waals surface area contributed by atoms with Crippen molar-refractivity contribution in [2.75, 3.05) is 6.61 Å². The minimum Gasteiger partial charge on any atom is -0.493 e. The number of benzene rings is 3. The van der Waals surface area contributed by atoms with Crippen molar-refractivity contribution in [3.8, 4) is 5.75 Å². The number of aryl methyl sites for hydroxylation is 1. The van der Waals surface area contributed by atoms with Crippen LogP contribution in [0.15, 0.2) is 78.9 Å². The molecule has 2 N–H and O–H groups in total.